The van der Waals surface area contributed by atoms with Gasteiger partial charge < -0.3 is 10.2 Å². The first kappa shape index (κ1) is 8.08. The summed E-state index contributed by atoms with van der Waals surface area (Å²) >= 11 is 0. The summed E-state index contributed by atoms with van der Waals surface area (Å²) in [5, 5.41) is 18.3. The van der Waals surface area contributed by atoms with Crippen molar-refractivity contribution in [2.24, 2.45) is 0 Å². The molecule has 60 valence electrons. The average molecular weight is 152 g/mol. The Balaban J connectivity index is 3.05. The second kappa shape index (κ2) is 2.93. The van der Waals surface area contributed by atoms with Crippen molar-refractivity contribution in [1.82, 2.24) is 0 Å². The zero-order valence-corrected chi connectivity index (χ0v) is 6.70. The van der Waals surface area contributed by atoms with Crippen LogP contribution in [0, 0.1) is 6.92 Å². The van der Waals surface area contributed by atoms with Crippen LogP contribution in [0.5, 0.6) is 5.75 Å². The van der Waals surface area contributed by atoms with E-state index in [-0.39, 0.29) is 5.75 Å². The van der Waals surface area contributed by atoms with E-state index in [0.29, 0.717) is 0 Å². The van der Waals surface area contributed by atoms with Gasteiger partial charge in [0.15, 0.2) is 0 Å². The number of hydrogen-bond donors (Lipinski definition) is 2. The molecule has 1 aromatic carbocycles. The zero-order valence-electron chi connectivity index (χ0n) is 6.70. The largest absolute Gasteiger partial charge is 0.508 e. The average Bonchev–Trinajstić information content (AvgIpc) is 1.94. The van der Waals surface area contributed by atoms with E-state index in [1.165, 1.54) is 0 Å². The molecule has 1 rings (SSSR count). The highest BCUT2D eigenvalue weighted by Gasteiger charge is 2.01. The van der Waals surface area contributed by atoms with E-state index in [1.54, 1.807) is 32.0 Å². The van der Waals surface area contributed by atoms with Gasteiger partial charge in [-0.1, -0.05) is 6.07 Å². The van der Waals surface area contributed by atoms with Gasteiger partial charge in [0, 0.05) is 0 Å². The lowest BCUT2D eigenvalue weighted by Crippen LogP contribution is -1.90. The van der Waals surface area contributed by atoms with Crippen LogP contribution in [0.25, 0.3) is 0 Å². The van der Waals surface area contributed by atoms with Gasteiger partial charge in [0.25, 0.3) is 0 Å². The molecule has 1 aromatic rings. The Hall–Kier alpha value is -1.02. The molecule has 0 unspecified atom stereocenters. The number of aliphatic hydroxyl groups is 1. The van der Waals surface area contributed by atoms with Gasteiger partial charge >= 0.3 is 0 Å². The maximum Gasteiger partial charge on any atom is 0.118 e. The van der Waals surface area contributed by atoms with Crippen LogP contribution >= 0.6 is 0 Å². The normalized spacial score (nSPS) is 13.0. The minimum atomic E-state index is -0.464. The van der Waals surface area contributed by atoms with Crippen LogP contribution in [0.3, 0.4) is 0 Å². The molecular weight excluding hydrogens is 140 g/mol. The number of aromatic hydroxyl groups is 1. The molecular formula is C9H12O2. The van der Waals surface area contributed by atoms with Crippen molar-refractivity contribution in [2.45, 2.75) is 20.0 Å². The van der Waals surface area contributed by atoms with Crippen molar-refractivity contribution in [1.29, 1.82) is 0 Å². The number of hydrogen-bond acceptors (Lipinski definition) is 2. The van der Waals surface area contributed by atoms with Gasteiger partial charge in [0.1, 0.15) is 5.75 Å². The van der Waals surface area contributed by atoms with Crippen molar-refractivity contribution >= 4 is 0 Å². The third-order valence-corrected chi connectivity index (χ3v) is 1.70. The molecule has 0 heterocycles. The summed E-state index contributed by atoms with van der Waals surface area (Å²) in [5.74, 6) is 0.273. The second-order valence-electron chi connectivity index (χ2n) is 2.72. The molecule has 2 nitrogen and oxygen atoms in total. The van der Waals surface area contributed by atoms with E-state index < -0.39 is 6.10 Å². The van der Waals surface area contributed by atoms with Crippen molar-refractivity contribution < 1.29 is 10.2 Å². The topological polar surface area (TPSA) is 40.5 Å². The summed E-state index contributed by atoms with van der Waals surface area (Å²) in [6, 6.07) is 5.09. The van der Waals surface area contributed by atoms with Crippen molar-refractivity contribution in [3.05, 3.63) is 29.3 Å². The minimum Gasteiger partial charge on any atom is -0.508 e. The van der Waals surface area contributed by atoms with Gasteiger partial charge in [0.05, 0.1) is 6.10 Å². The zero-order chi connectivity index (χ0) is 8.43. The molecule has 0 spiro atoms. The van der Waals surface area contributed by atoms with Gasteiger partial charge in [-0.05, 0) is 37.1 Å². The lowest BCUT2D eigenvalue weighted by atomic mass is 10.1. The molecule has 0 amide bonds. The van der Waals surface area contributed by atoms with Crippen LogP contribution in [0.2, 0.25) is 0 Å². The summed E-state index contributed by atoms with van der Waals surface area (Å²) in [6.07, 6.45) is -0.464. The molecule has 11 heavy (non-hydrogen) atoms. The van der Waals surface area contributed by atoms with Crippen LogP contribution in [0.1, 0.15) is 24.2 Å². The molecule has 0 saturated carbocycles. The lowest BCUT2D eigenvalue weighted by Gasteiger charge is -2.05. The van der Waals surface area contributed by atoms with Crippen LogP contribution < -0.4 is 0 Å². The monoisotopic (exact) mass is 152 g/mol. The predicted molar refractivity (Wildman–Crippen MR) is 43.5 cm³/mol. The summed E-state index contributed by atoms with van der Waals surface area (Å²) in [4.78, 5) is 0. The molecule has 0 aliphatic rings. The first-order valence-electron chi connectivity index (χ1n) is 3.59. The number of phenolic OH excluding ortho intramolecular Hbond substituents is 1. The molecule has 2 heteroatoms. The van der Waals surface area contributed by atoms with Crippen LogP contribution in [-0.2, 0) is 0 Å². The molecule has 0 saturated heterocycles. The molecule has 0 aromatic heterocycles. The molecule has 0 fully saturated rings. The van der Waals surface area contributed by atoms with Crippen molar-refractivity contribution in [3.8, 4) is 5.75 Å². The molecule has 0 bridgehead atoms. The van der Waals surface area contributed by atoms with E-state index in [9.17, 15) is 0 Å². The number of aliphatic hydroxyl groups excluding tert-OH is 1. The Bertz CT molecular complexity index is 254. The number of phenols is 1. The molecule has 0 radical (unpaired) electrons. The highest BCUT2D eigenvalue weighted by molar-refractivity contribution is 5.35. The first-order chi connectivity index (χ1) is 5.11. The van der Waals surface area contributed by atoms with Gasteiger partial charge in [0.2, 0.25) is 0 Å². The van der Waals surface area contributed by atoms with Crippen molar-refractivity contribution in [2.75, 3.05) is 0 Å². The fraction of sp³-hybridized carbons (Fsp3) is 0.333. The van der Waals surface area contributed by atoms with E-state index in [0.717, 1.165) is 11.1 Å². The summed E-state index contributed by atoms with van der Waals surface area (Å²) in [5.41, 5.74) is 1.63. The second-order valence-corrected chi connectivity index (χ2v) is 2.72. The SMILES string of the molecule is Cc1cc([C@H](C)O)ccc1O. The Morgan fingerprint density at radius 2 is 2.00 bits per heavy atom. The Kier molecular flexibility index (Phi) is 2.15. The minimum absolute atomic E-state index is 0.273. The predicted octanol–water partition coefficient (Wildman–Crippen LogP) is 1.75. The Morgan fingerprint density at radius 1 is 1.36 bits per heavy atom. The molecule has 2 N–H and O–H groups in total. The van der Waals surface area contributed by atoms with Crippen molar-refractivity contribution in [3.63, 3.8) is 0 Å². The third kappa shape index (κ3) is 1.71. The fourth-order valence-electron chi connectivity index (χ4n) is 0.939. The molecule has 1 atom stereocenters. The standard InChI is InChI=1S/C9H12O2/c1-6-5-8(7(2)10)3-4-9(6)11/h3-5,7,10-11H,1-2H3/t7-/m0/s1. The third-order valence-electron chi connectivity index (χ3n) is 1.70. The maximum absolute atomic E-state index is 9.16. The molecule has 0 aliphatic heterocycles. The quantitative estimate of drug-likeness (QED) is 0.643. The van der Waals surface area contributed by atoms with E-state index in [4.69, 9.17) is 10.2 Å². The maximum atomic E-state index is 9.16. The Labute approximate surface area is 66.1 Å². The summed E-state index contributed by atoms with van der Waals surface area (Å²) < 4.78 is 0. The van der Waals surface area contributed by atoms with Gasteiger partial charge in [-0.15, -0.1) is 0 Å². The highest BCUT2D eigenvalue weighted by Crippen LogP contribution is 2.20. The summed E-state index contributed by atoms with van der Waals surface area (Å²) in [7, 11) is 0. The van der Waals surface area contributed by atoms with E-state index in [2.05, 4.69) is 0 Å². The van der Waals surface area contributed by atoms with Gasteiger partial charge in [-0.2, -0.15) is 0 Å². The van der Waals surface area contributed by atoms with Gasteiger partial charge in [-0.3, -0.25) is 0 Å². The fourth-order valence-corrected chi connectivity index (χ4v) is 0.939. The lowest BCUT2D eigenvalue weighted by molar-refractivity contribution is 0.199. The highest BCUT2D eigenvalue weighted by atomic mass is 16.3. The van der Waals surface area contributed by atoms with Crippen LogP contribution in [0.4, 0.5) is 0 Å². The van der Waals surface area contributed by atoms with E-state index >= 15 is 0 Å². The number of aryl methyl sites for hydroxylation is 1. The first-order valence-corrected chi connectivity index (χ1v) is 3.59. The smallest absolute Gasteiger partial charge is 0.118 e. The van der Waals surface area contributed by atoms with Crippen LogP contribution in [0.15, 0.2) is 18.2 Å². The number of rotatable bonds is 1. The summed E-state index contributed by atoms with van der Waals surface area (Å²) in [6.45, 7) is 3.51. The number of benzene rings is 1. The van der Waals surface area contributed by atoms with Gasteiger partial charge in [-0.25, -0.2) is 0 Å². The van der Waals surface area contributed by atoms with E-state index in [1.807, 2.05) is 0 Å². The molecule has 0 aliphatic carbocycles. The Morgan fingerprint density at radius 3 is 2.45 bits per heavy atom. The van der Waals surface area contributed by atoms with Crippen LogP contribution in [-0.4, -0.2) is 10.2 Å².